The molecule has 0 spiro atoms. The van der Waals surface area contributed by atoms with Crippen LogP contribution in [0.1, 0.15) is 57.8 Å². The summed E-state index contributed by atoms with van der Waals surface area (Å²) in [5, 5.41) is 3.74. The van der Waals surface area contributed by atoms with Gasteiger partial charge in [-0.3, -0.25) is 4.90 Å². The maximum absolute atomic E-state index is 5.67. The SMILES string of the molecule is CCC(c1ccco1)N(CC)C1CC2CCC(C1)N2. The van der Waals surface area contributed by atoms with Crippen LogP contribution in [0.25, 0.3) is 0 Å². The first-order chi connectivity index (χ1) is 9.31. The van der Waals surface area contributed by atoms with E-state index in [2.05, 4.69) is 30.1 Å². The van der Waals surface area contributed by atoms with Crippen LogP contribution in [0.3, 0.4) is 0 Å². The van der Waals surface area contributed by atoms with Crippen LogP contribution in [0.2, 0.25) is 0 Å². The fourth-order valence-electron chi connectivity index (χ4n) is 4.11. The Kier molecular flexibility index (Phi) is 3.94. The molecule has 3 heteroatoms. The molecule has 0 radical (unpaired) electrons. The van der Waals surface area contributed by atoms with Crippen molar-refractivity contribution < 1.29 is 4.42 Å². The minimum atomic E-state index is 0.447. The third-order valence-electron chi connectivity index (χ3n) is 4.94. The van der Waals surface area contributed by atoms with Crippen LogP contribution < -0.4 is 5.32 Å². The van der Waals surface area contributed by atoms with Crippen molar-refractivity contribution >= 4 is 0 Å². The van der Waals surface area contributed by atoms with Crippen molar-refractivity contribution in [2.45, 2.75) is 70.1 Å². The molecule has 0 aliphatic carbocycles. The van der Waals surface area contributed by atoms with Crippen molar-refractivity contribution in [3.63, 3.8) is 0 Å². The summed E-state index contributed by atoms with van der Waals surface area (Å²) < 4.78 is 5.67. The van der Waals surface area contributed by atoms with E-state index in [-0.39, 0.29) is 0 Å². The number of hydrogen-bond donors (Lipinski definition) is 1. The van der Waals surface area contributed by atoms with Crippen molar-refractivity contribution in [2.75, 3.05) is 6.54 Å². The van der Waals surface area contributed by atoms with E-state index in [1.807, 2.05) is 6.07 Å². The Bertz CT molecular complexity index is 377. The Labute approximate surface area is 116 Å². The topological polar surface area (TPSA) is 28.4 Å². The molecule has 2 aliphatic rings. The molecule has 2 aliphatic heterocycles. The highest BCUT2D eigenvalue weighted by Gasteiger charge is 2.37. The van der Waals surface area contributed by atoms with E-state index in [9.17, 15) is 0 Å². The molecule has 0 amide bonds. The molecule has 3 unspecified atom stereocenters. The smallest absolute Gasteiger partial charge is 0.120 e. The molecular formula is C16H26N2O. The Morgan fingerprint density at radius 3 is 2.58 bits per heavy atom. The first kappa shape index (κ1) is 13.2. The van der Waals surface area contributed by atoms with E-state index in [1.54, 1.807) is 6.26 Å². The van der Waals surface area contributed by atoms with Crippen LogP contribution in [0.15, 0.2) is 22.8 Å². The van der Waals surface area contributed by atoms with Crippen LogP contribution in [0, 0.1) is 0 Å². The van der Waals surface area contributed by atoms with Gasteiger partial charge in [0.05, 0.1) is 12.3 Å². The second-order valence-corrected chi connectivity index (χ2v) is 6.03. The third-order valence-corrected chi connectivity index (χ3v) is 4.94. The molecule has 2 fully saturated rings. The van der Waals surface area contributed by atoms with Crippen molar-refractivity contribution in [2.24, 2.45) is 0 Å². The first-order valence-corrected chi connectivity index (χ1v) is 7.87. The molecule has 3 heterocycles. The minimum Gasteiger partial charge on any atom is -0.468 e. The highest BCUT2D eigenvalue weighted by molar-refractivity contribution is 5.06. The maximum atomic E-state index is 5.67. The summed E-state index contributed by atoms with van der Waals surface area (Å²) in [5.41, 5.74) is 0. The molecule has 0 saturated carbocycles. The molecular weight excluding hydrogens is 236 g/mol. The second-order valence-electron chi connectivity index (χ2n) is 6.03. The average molecular weight is 262 g/mol. The summed E-state index contributed by atoms with van der Waals surface area (Å²) in [4.78, 5) is 2.67. The fraction of sp³-hybridized carbons (Fsp3) is 0.750. The molecule has 0 aromatic carbocycles. The number of rotatable bonds is 5. The van der Waals surface area contributed by atoms with Gasteiger partial charge in [0.25, 0.3) is 0 Å². The number of hydrogen-bond acceptors (Lipinski definition) is 3. The second kappa shape index (κ2) is 5.68. The molecule has 2 saturated heterocycles. The lowest BCUT2D eigenvalue weighted by atomic mass is 9.95. The lowest BCUT2D eigenvalue weighted by Crippen LogP contribution is -2.49. The lowest BCUT2D eigenvalue weighted by molar-refractivity contribution is 0.0851. The number of nitrogens with one attached hydrogen (secondary N) is 1. The lowest BCUT2D eigenvalue weighted by Gasteiger charge is -2.40. The van der Waals surface area contributed by atoms with E-state index in [0.29, 0.717) is 6.04 Å². The number of piperidine rings is 1. The van der Waals surface area contributed by atoms with Crippen LogP contribution in [-0.4, -0.2) is 29.6 Å². The summed E-state index contributed by atoms with van der Waals surface area (Å²) in [6.07, 6.45) is 8.29. The van der Waals surface area contributed by atoms with Crippen LogP contribution in [0.5, 0.6) is 0 Å². The molecule has 106 valence electrons. The van der Waals surface area contributed by atoms with E-state index in [4.69, 9.17) is 4.42 Å². The van der Waals surface area contributed by atoms with Gasteiger partial charge in [-0.25, -0.2) is 0 Å². The zero-order chi connectivity index (χ0) is 13.2. The van der Waals surface area contributed by atoms with Crippen molar-refractivity contribution in [1.82, 2.24) is 10.2 Å². The molecule has 3 rings (SSSR count). The summed E-state index contributed by atoms with van der Waals surface area (Å²) in [5.74, 6) is 1.13. The summed E-state index contributed by atoms with van der Waals surface area (Å²) in [6.45, 7) is 5.67. The van der Waals surface area contributed by atoms with Crippen LogP contribution in [-0.2, 0) is 0 Å². The zero-order valence-electron chi connectivity index (χ0n) is 12.1. The molecule has 1 aromatic rings. The van der Waals surface area contributed by atoms with E-state index in [0.717, 1.165) is 36.9 Å². The van der Waals surface area contributed by atoms with Crippen LogP contribution in [0.4, 0.5) is 0 Å². The summed E-state index contributed by atoms with van der Waals surface area (Å²) >= 11 is 0. The average Bonchev–Trinajstić information content (AvgIpc) is 3.05. The van der Waals surface area contributed by atoms with Crippen molar-refractivity contribution in [1.29, 1.82) is 0 Å². The van der Waals surface area contributed by atoms with Gasteiger partial charge in [-0.1, -0.05) is 13.8 Å². The van der Waals surface area contributed by atoms with E-state index >= 15 is 0 Å². The molecule has 19 heavy (non-hydrogen) atoms. The largest absolute Gasteiger partial charge is 0.468 e. The zero-order valence-corrected chi connectivity index (χ0v) is 12.1. The fourth-order valence-corrected chi connectivity index (χ4v) is 4.11. The van der Waals surface area contributed by atoms with Crippen LogP contribution >= 0.6 is 0 Å². The Balaban J connectivity index is 1.75. The van der Waals surface area contributed by atoms with Crippen molar-refractivity contribution in [3.8, 4) is 0 Å². The normalized spacial score (nSPS) is 31.8. The maximum Gasteiger partial charge on any atom is 0.120 e. The summed E-state index contributed by atoms with van der Waals surface area (Å²) in [6, 6.07) is 6.82. The Morgan fingerprint density at radius 1 is 1.32 bits per heavy atom. The summed E-state index contributed by atoms with van der Waals surface area (Å²) in [7, 11) is 0. The highest BCUT2D eigenvalue weighted by Crippen LogP contribution is 2.35. The predicted molar refractivity (Wildman–Crippen MR) is 77.1 cm³/mol. The van der Waals surface area contributed by atoms with Gasteiger partial charge in [-0.2, -0.15) is 0 Å². The monoisotopic (exact) mass is 262 g/mol. The number of nitrogens with zero attached hydrogens (tertiary/aromatic N) is 1. The molecule has 1 N–H and O–H groups in total. The van der Waals surface area contributed by atoms with E-state index in [1.165, 1.54) is 25.7 Å². The molecule has 3 nitrogen and oxygen atoms in total. The van der Waals surface area contributed by atoms with Gasteiger partial charge in [0, 0.05) is 18.1 Å². The number of fused-ring (bicyclic) bond motifs is 2. The Hall–Kier alpha value is -0.800. The standard InChI is InChI=1S/C16H26N2O/c1-3-15(16-6-5-9-19-16)18(4-2)14-10-12-7-8-13(11-14)17-12/h5-6,9,12-15,17H,3-4,7-8,10-11H2,1-2H3. The van der Waals surface area contributed by atoms with Gasteiger partial charge in [0.1, 0.15) is 5.76 Å². The van der Waals surface area contributed by atoms with Gasteiger partial charge in [-0.05, 0) is 50.8 Å². The van der Waals surface area contributed by atoms with Gasteiger partial charge in [-0.15, -0.1) is 0 Å². The molecule has 1 aromatic heterocycles. The molecule has 3 atom stereocenters. The number of furan rings is 1. The third kappa shape index (κ3) is 2.59. The van der Waals surface area contributed by atoms with Crippen molar-refractivity contribution in [3.05, 3.63) is 24.2 Å². The molecule has 2 bridgehead atoms. The van der Waals surface area contributed by atoms with Gasteiger partial charge < -0.3 is 9.73 Å². The van der Waals surface area contributed by atoms with Gasteiger partial charge >= 0.3 is 0 Å². The van der Waals surface area contributed by atoms with Gasteiger partial charge in [0.15, 0.2) is 0 Å². The van der Waals surface area contributed by atoms with E-state index < -0.39 is 0 Å². The Morgan fingerprint density at radius 2 is 2.05 bits per heavy atom. The first-order valence-electron chi connectivity index (χ1n) is 7.87. The quantitative estimate of drug-likeness (QED) is 0.882. The minimum absolute atomic E-state index is 0.447. The highest BCUT2D eigenvalue weighted by atomic mass is 16.3. The van der Waals surface area contributed by atoms with Gasteiger partial charge in [0.2, 0.25) is 0 Å². The predicted octanol–water partition coefficient (Wildman–Crippen LogP) is 3.34.